The predicted molar refractivity (Wildman–Crippen MR) is 83.6 cm³/mol. The number of fused-ring (bicyclic) bond motifs is 1. The van der Waals surface area contributed by atoms with E-state index in [1.165, 1.54) is 12.1 Å². The van der Waals surface area contributed by atoms with Crippen LogP contribution in [0.3, 0.4) is 0 Å². The van der Waals surface area contributed by atoms with Gasteiger partial charge in [0.25, 0.3) is 17.5 Å². The van der Waals surface area contributed by atoms with Crippen LogP contribution in [-0.2, 0) is 4.79 Å². The standard InChI is InChI=1S/C14H14N2O5S/c1-22(2)8-10(17)5-6-15-13(18)11-4-3-9(16(20)21)7-12(11)14(15)19/h3-4,7-8H,5-6H2,1-2H3. The number of ketones is 1. The SMILES string of the molecule is CS(C)=CC(=O)CCN1C(=O)c2ccc([N+](=O)[O-])cc2C1=O. The second-order valence-corrected chi connectivity index (χ2v) is 6.96. The van der Waals surface area contributed by atoms with Crippen LogP contribution in [0.25, 0.3) is 0 Å². The van der Waals surface area contributed by atoms with Crippen molar-refractivity contribution in [1.82, 2.24) is 4.90 Å². The highest BCUT2D eigenvalue weighted by Crippen LogP contribution is 2.26. The lowest BCUT2D eigenvalue weighted by atomic mass is 10.1. The second-order valence-electron chi connectivity index (χ2n) is 4.96. The molecular formula is C14H14N2O5S. The number of benzene rings is 1. The summed E-state index contributed by atoms with van der Waals surface area (Å²) in [5.74, 6) is -1.24. The summed E-state index contributed by atoms with van der Waals surface area (Å²) < 4.78 is 0. The summed E-state index contributed by atoms with van der Waals surface area (Å²) in [6.45, 7) is -0.0212. The summed E-state index contributed by atoms with van der Waals surface area (Å²) in [7, 11) is -0.152. The average Bonchev–Trinajstić information content (AvgIpc) is 2.67. The molecular weight excluding hydrogens is 308 g/mol. The number of nitro benzene ring substituents is 1. The van der Waals surface area contributed by atoms with E-state index in [9.17, 15) is 24.5 Å². The highest BCUT2D eigenvalue weighted by Gasteiger charge is 2.36. The van der Waals surface area contributed by atoms with Crippen LogP contribution in [0.4, 0.5) is 5.69 Å². The summed E-state index contributed by atoms with van der Waals surface area (Å²) in [5, 5.41) is 12.3. The molecule has 0 aromatic heterocycles. The van der Waals surface area contributed by atoms with E-state index in [2.05, 4.69) is 0 Å². The molecule has 0 unspecified atom stereocenters. The van der Waals surface area contributed by atoms with E-state index in [0.29, 0.717) is 0 Å². The summed E-state index contributed by atoms with van der Waals surface area (Å²) >= 11 is 0. The van der Waals surface area contributed by atoms with Gasteiger partial charge in [0.2, 0.25) is 0 Å². The van der Waals surface area contributed by atoms with Gasteiger partial charge in [0.1, 0.15) is 0 Å². The third-order valence-electron chi connectivity index (χ3n) is 3.11. The Bertz CT molecular complexity index is 722. The molecule has 116 valence electrons. The fourth-order valence-corrected chi connectivity index (χ4v) is 2.78. The van der Waals surface area contributed by atoms with E-state index < -0.39 is 16.7 Å². The molecule has 22 heavy (non-hydrogen) atoms. The number of carbonyl (C=O) groups excluding carboxylic acids is 3. The zero-order valence-electron chi connectivity index (χ0n) is 12.1. The number of hydrogen-bond donors (Lipinski definition) is 0. The van der Waals surface area contributed by atoms with Crippen LogP contribution in [0, 0.1) is 10.1 Å². The minimum Gasteiger partial charge on any atom is -0.294 e. The number of imide groups is 1. The molecule has 0 saturated carbocycles. The minimum atomic E-state index is -0.622. The molecule has 1 aliphatic rings. The van der Waals surface area contributed by atoms with Gasteiger partial charge in [-0.25, -0.2) is 0 Å². The maximum atomic E-state index is 12.2. The van der Waals surface area contributed by atoms with Gasteiger partial charge < -0.3 is 0 Å². The van der Waals surface area contributed by atoms with Crippen LogP contribution in [0.1, 0.15) is 27.1 Å². The van der Waals surface area contributed by atoms with E-state index in [1.54, 1.807) is 5.37 Å². The highest BCUT2D eigenvalue weighted by atomic mass is 32.2. The van der Waals surface area contributed by atoms with Crippen molar-refractivity contribution in [2.45, 2.75) is 6.42 Å². The first-order valence-corrected chi connectivity index (χ1v) is 8.50. The van der Waals surface area contributed by atoms with Crippen molar-refractivity contribution in [3.05, 3.63) is 39.4 Å². The summed E-state index contributed by atoms with van der Waals surface area (Å²) in [6, 6.07) is 3.56. The molecule has 2 amide bonds. The van der Waals surface area contributed by atoms with Crippen molar-refractivity contribution >= 4 is 39.1 Å². The summed E-state index contributed by atoms with van der Waals surface area (Å²) in [5.41, 5.74) is -0.0914. The number of nitro groups is 1. The Morgan fingerprint density at radius 2 is 1.91 bits per heavy atom. The van der Waals surface area contributed by atoms with E-state index in [0.717, 1.165) is 11.0 Å². The Balaban J connectivity index is 2.19. The van der Waals surface area contributed by atoms with Crippen LogP contribution >= 0.6 is 10.5 Å². The van der Waals surface area contributed by atoms with Crippen LogP contribution in [0.5, 0.6) is 0 Å². The number of amides is 2. The summed E-state index contributed by atoms with van der Waals surface area (Å²) in [4.78, 5) is 47.0. The normalized spacial score (nSPS) is 13.5. The molecule has 1 heterocycles. The van der Waals surface area contributed by atoms with E-state index in [1.807, 2.05) is 12.5 Å². The van der Waals surface area contributed by atoms with Gasteiger partial charge in [-0.2, -0.15) is 10.5 Å². The molecule has 2 rings (SSSR count). The zero-order chi connectivity index (χ0) is 16.4. The lowest BCUT2D eigenvalue weighted by Crippen LogP contribution is -2.32. The first-order valence-electron chi connectivity index (χ1n) is 6.40. The Morgan fingerprint density at radius 1 is 1.27 bits per heavy atom. The first-order chi connectivity index (χ1) is 10.3. The van der Waals surface area contributed by atoms with Gasteiger partial charge >= 0.3 is 0 Å². The minimum absolute atomic E-state index is 0.0152. The van der Waals surface area contributed by atoms with E-state index in [-0.39, 0.29) is 46.0 Å². The van der Waals surface area contributed by atoms with Gasteiger partial charge in [0.15, 0.2) is 5.78 Å². The highest BCUT2D eigenvalue weighted by molar-refractivity contribution is 8.14. The van der Waals surface area contributed by atoms with Gasteiger partial charge in [-0.1, -0.05) is 0 Å². The third kappa shape index (κ3) is 3.11. The van der Waals surface area contributed by atoms with Crippen molar-refractivity contribution in [3.63, 3.8) is 0 Å². The molecule has 8 heteroatoms. The largest absolute Gasteiger partial charge is 0.294 e. The summed E-state index contributed by atoms with van der Waals surface area (Å²) in [6.07, 6.45) is 3.83. The monoisotopic (exact) mass is 322 g/mol. The van der Waals surface area contributed by atoms with Crippen molar-refractivity contribution in [3.8, 4) is 0 Å². The Labute approximate surface area is 129 Å². The average molecular weight is 322 g/mol. The lowest BCUT2D eigenvalue weighted by Gasteiger charge is -2.12. The number of rotatable bonds is 5. The molecule has 1 aromatic rings. The topological polar surface area (TPSA) is 97.6 Å². The predicted octanol–water partition coefficient (Wildman–Crippen LogP) is 1.48. The molecule has 0 fully saturated rings. The fourth-order valence-electron chi connectivity index (χ4n) is 2.14. The van der Waals surface area contributed by atoms with Crippen LogP contribution < -0.4 is 0 Å². The maximum Gasteiger partial charge on any atom is 0.270 e. The van der Waals surface area contributed by atoms with Gasteiger partial charge in [-0.05, 0) is 18.6 Å². The molecule has 1 aromatic carbocycles. The number of hydrogen-bond acceptors (Lipinski definition) is 5. The lowest BCUT2D eigenvalue weighted by molar-refractivity contribution is -0.384. The fraction of sp³-hybridized carbons (Fsp3) is 0.286. The van der Waals surface area contributed by atoms with Gasteiger partial charge in [-0.15, -0.1) is 0 Å². The molecule has 0 aliphatic carbocycles. The van der Waals surface area contributed by atoms with Gasteiger partial charge in [0.05, 0.1) is 16.1 Å². The second kappa shape index (κ2) is 6.18. The third-order valence-corrected chi connectivity index (χ3v) is 3.85. The maximum absolute atomic E-state index is 12.2. The van der Waals surface area contributed by atoms with Gasteiger partial charge in [0, 0.05) is 30.5 Å². The first kappa shape index (κ1) is 16.0. The number of nitrogens with zero attached hydrogens (tertiary/aromatic N) is 2. The van der Waals surface area contributed by atoms with Crippen molar-refractivity contribution < 1.29 is 19.3 Å². The smallest absolute Gasteiger partial charge is 0.270 e. The molecule has 0 spiro atoms. The van der Waals surface area contributed by atoms with Crippen molar-refractivity contribution in [2.75, 3.05) is 19.1 Å². The van der Waals surface area contributed by atoms with Crippen LogP contribution in [0.2, 0.25) is 0 Å². The molecule has 0 atom stereocenters. The van der Waals surface area contributed by atoms with Crippen LogP contribution in [-0.4, -0.2) is 51.8 Å². The zero-order valence-corrected chi connectivity index (χ0v) is 12.9. The van der Waals surface area contributed by atoms with E-state index >= 15 is 0 Å². The molecule has 7 nitrogen and oxygen atoms in total. The van der Waals surface area contributed by atoms with Crippen molar-refractivity contribution in [1.29, 1.82) is 0 Å². The quantitative estimate of drug-likeness (QED) is 0.354. The van der Waals surface area contributed by atoms with Crippen molar-refractivity contribution in [2.24, 2.45) is 0 Å². The molecule has 0 bridgehead atoms. The van der Waals surface area contributed by atoms with Crippen LogP contribution in [0.15, 0.2) is 18.2 Å². The molecule has 0 radical (unpaired) electrons. The van der Waals surface area contributed by atoms with E-state index in [4.69, 9.17) is 0 Å². The Kier molecular flexibility index (Phi) is 4.51. The molecule has 0 N–H and O–H groups in total. The Hall–Kier alpha value is -2.35. The van der Waals surface area contributed by atoms with Gasteiger partial charge in [-0.3, -0.25) is 29.4 Å². The Morgan fingerprint density at radius 3 is 2.50 bits per heavy atom. The molecule has 0 saturated heterocycles. The number of non-ortho nitro benzene ring substituents is 1. The number of carbonyl (C=O) groups is 3. The molecule has 1 aliphatic heterocycles. The number of Topliss-reactive ketones (excluding diaryl/α,β-unsaturated/α-hetero) is 1.